The number of thiazole rings is 1. The van der Waals surface area contributed by atoms with Crippen molar-refractivity contribution in [3.05, 3.63) is 50.4 Å². The smallest absolute Gasteiger partial charge is 0.0897 e. The van der Waals surface area contributed by atoms with Crippen molar-refractivity contribution in [1.29, 1.82) is 0 Å². The third kappa shape index (κ3) is 2.91. The molecule has 4 heteroatoms. The highest BCUT2D eigenvalue weighted by Gasteiger charge is 2.29. The number of aryl methyl sites for hydroxylation is 1. The first-order valence-electron chi connectivity index (χ1n) is 6.62. The summed E-state index contributed by atoms with van der Waals surface area (Å²) in [6, 6.07) is 8.72. The van der Waals surface area contributed by atoms with Crippen LogP contribution in [0.3, 0.4) is 0 Å². The van der Waals surface area contributed by atoms with Crippen LogP contribution in [0.25, 0.3) is 0 Å². The summed E-state index contributed by atoms with van der Waals surface area (Å²) in [5, 5.41) is 6.92. The lowest BCUT2D eigenvalue weighted by molar-refractivity contribution is 0.399. The molecule has 100 valence electrons. The van der Waals surface area contributed by atoms with Crippen LogP contribution in [0, 0.1) is 6.92 Å². The molecular formula is C15H17BrN2S. The Kier molecular flexibility index (Phi) is 4.01. The fourth-order valence-electron chi connectivity index (χ4n) is 2.82. The lowest BCUT2D eigenvalue weighted by Crippen LogP contribution is -2.34. The molecule has 1 aliphatic rings. The number of hydrogen-bond donors (Lipinski definition) is 1. The Labute approximate surface area is 126 Å². The van der Waals surface area contributed by atoms with Crippen LogP contribution in [0.4, 0.5) is 0 Å². The Morgan fingerprint density at radius 2 is 2.05 bits per heavy atom. The van der Waals surface area contributed by atoms with Gasteiger partial charge in [0.25, 0.3) is 0 Å². The first kappa shape index (κ1) is 13.3. The number of piperidine rings is 1. The number of halogens is 1. The molecule has 19 heavy (non-hydrogen) atoms. The predicted molar refractivity (Wildman–Crippen MR) is 84.0 cm³/mol. The molecule has 0 amide bonds. The highest BCUT2D eigenvalue weighted by molar-refractivity contribution is 9.10. The summed E-state index contributed by atoms with van der Waals surface area (Å²) in [7, 11) is 0. The highest BCUT2D eigenvalue weighted by Crippen LogP contribution is 2.37. The summed E-state index contributed by atoms with van der Waals surface area (Å²) in [6.07, 6.45) is 1.17. The molecule has 1 aromatic heterocycles. The second-order valence-electron chi connectivity index (χ2n) is 5.05. The van der Waals surface area contributed by atoms with E-state index in [0.717, 1.165) is 17.6 Å². The van der Waals surface area contributed by atoms with E-state index in [-0.39, 0.29) is 0 Å². The minimum absolute atomic E-state index is 0.531. The van der Waals surface area contributed by atoms with E-state index in [0.29, 0.717) is 11.8 Å². The predicted octanol–water partition coefficient (Wildman–Crippen LogP) is 4.07. The Balaban J connectivity index is 1.90. The van der Waals surface area contributed by atoms with Crippen LogP contribution in [0.5, 0.6) is 0 Å². The van der Waals surface area contributed by atoms with Crippen molar-refractivity contribution >= 4 is 27.3 Å². The summed E-state index contributed by atoms with van der Waals surface area (Å²) in [5.74, 6) is 1.08. The topological polar surface area (TPSA) is 24.9 Å². The SMILES string of the molecule is Cc1nc(C2CCNCC2c2ccc(Br)cc2)cs1. The lowest BCUT2D eigenvalue weighted by atomic mass is 9.80. The van der Waals surface area contributed by atoms with E-state index in [1.807, 2.05) is 0 Å². The minimum atomic E-state index is 0.531. The molecule has 0 saturated carbocycles. The standard InChI is InChI=1S/C15H17BrN2S/c1-10-18-15(9-19-10)13-6-7-17-8-14(13)11-2-4-12(16)5-3-11/h2-5,9,13-14,17H,6-8H2,1H3. The number of nitrogens with zero attached hydrogens (tertiary/aromatic N) is 1. The van der Waals surface area contributed by atoms with Crippen LogP contribution in [-0.2, 0) is 0 Å². The molecule has 1 N–H and O–H groups in total. The van der Waals surface area contributed by atoms with Crippen molar-refractivity contribution in [3.8, 4) is 0 Å². The largest absolute Gasteiger partial charge is 0.316 e. The fraction of sp³-hybridized carbons (Fsp3) is 0.400. The molecule has 2 nitrogen and oxygen atoms in total. The fourth-order valence-corrected chi connectivity index (χ4v) is 3.76. The first-order chi connectivity index (χ1) is 9.24. The third-order valence-electron chi connectivity index (χ3n) is 3.80. The zero-order valence-electron chi connectivity index (χ0n) is 10.9. The van der Waals surface area contributed by atoms with Crippen LogP contribution in [0.15, 0.2) is 34.1 Å². The van der Waals surface area contributed by atoms with Gasteiger partial charge in [0, 0.05) is 28.2 Å². The maximum absolute atomic E-state index is 4.71. The van der Waals surface area contributed by atoms with Gasteiger partial charge in [-0.15, -0.1) is 11.3 Å². The average molecular weight is 337 g/mol. The van der Waals surface area contributed by atoms with Crippen molar-refractivity contribution in [2.24, 2.45) is 0 Å². The van der Waals surface area contributed by atoms with Gasteiger partial charge in [0.2, 0.25) is 0 Å². The van der Waals surface area contributed by atoms with Gasteiger partial charge in [-0.05, 0) is 37.6 Å². The van der Waals surface area contributed by atoms with E-state index in [1.54, 1.807) is 11.3 Å². The molecule has 1 aromatic carbocycles. The van der Waals surface area contributed by atoms with Gasteiger partial charge >= 0.3 is 0 Å². The van der Waals surface area contributed by atoms with Gasteiger partial charge in [-0.25, -0.2) is 4.98 Å². The molecular weight excluding hydrogens is 320 g/mol. The van der Waals surface area contributed by atoms with Gasteiger partial charge in [0.1, 0.15) is 0 Å². The molecule has 2 aromatic rings. The van der Waals surface area contributed by atoms with Crippen LogP contribution in [0.2, 0.25) is 0 Å². The van der Waals surface area contributed by atoms with Crippen molar-refractivity contribution in [3.63, 3.8) is 0 Å². The van der Waals surface area contributed by atoms with E-state index in [1.165, 1.54) is 22.7 Å². The third-order valence-corrected chi connectivity index (χ3v) is 5.12. The Morgan fingerprint density at radius 1 is 1.26 bits per heavy atom. The van der Waals surface area contributed by atoms with Gasteiger partial charge < -0.3 is 5.32 Å². The van der Waals surface area contributed by atoms with Crippen LogP contribution in [-0.4, -0.2) is 18.1 Å². The van der Waals surface area contributed by atoms with Crippen molar-refractivity contribution in [1.82, 2.24) is 10.3 Å². The van der Waals surface area contributed by atoms with Gasteiger partial charge in [-0.2, -0.15) is 0 Å². The average Bonchev–Trinajstić information content (AvgIpc) is 2.86. The molecule has 1 saturated heterocycles. The molecule has 1 fully saturated rings. The minimum Gasteiger partial charge on any atom is -0.316 e. The molecule has 0 spiro atoms. The lowest BCUT2D eigenvalue weighted by Gasteiger charge is -2.31. The molecule has 2 heterocycles. The van der Waals surface area contributed by atoms with Crippen molar-refractivity contribution in [2.75, 3.05) is 13.1 Å². The maximum Gasteiger partial charge on any atom is 0.0897 e. The molecule has 3 rings (SSSR count). The van der Waals surface area contributed by atoms with E-state index in [4.69, 9.17) is 4.98 Å². The van der Waals surface area contributed by atoms with Gasteiger partial charge in [0.15, 0.2) is 0 Å². The highest BCUT2D eigenvalue weighted by atomic mass is 79.9. The Morgan fingerprint density at radius 3 is 2.74 bits per heavy atom. The van der Waals surface area contributed by atoms with Gasteiger partial charge in [-0.1, -0.05) is 28.1 Å². The van der Waals surface area contributed by atoms with E-state index < -0.39 is 0 Å². The molecule has 2 unspecified atom stereocenters. The molecule has 0 radical (unpaired) electrons. The second-order valence-corrected chi connectivity index (χ2v) is 7.03. The second kappa shape index (κ2) is 5.73. The number of benzene rings is 1. The van der Waals surface area contributed by atoms with Crippen LogP contribution in [0.1, 0.15) is 34.5 Å². The molecule has 0 aliphatic carbocycles. The normalized spacial score (nSPS) is 23.5. The van der Waals surface area contributed by atoms with Gasteiger partial charge in [0.05, 0.1) is 10.7 Å². The monoisotopic (exact) mass is 336 g/mol. The quantitative estimate of drug-likeness (QED) is 0.893. The molecule has 0 bridgehead atoms. The number of nitrogens with one attached hydrogen (secondary N) is 1. The maximum atomic E-state index is 4.71. The Hall–Kier alpha value is -0.710. The molecule has 1 aliphatic heterocycles. The number of rotatable bonds is 2. The van der Waals surface area contributed by atoms with Crippen LogP contribution >= 0.6 is 27.3 Å². The summed E-state index contributed by atoms with van der Waals surface area (Å²) >= 11 is 5.27. The number of hydrogen-bond acceptors (Lipinski definition) is 3. The van der Waals surface area contributed by atoms with E-state index in [2.05, 4.69) is 57.8 Å². The zero-order chi connectivity index (χ0) is 13.2. The van der Waals surface area contributed by atoms with Crippen LogP contribution < -0.4 is 5.32 Å². The van der Waals surface area contributed by atoms with Crippen molar-refractivity contribution < 1.29 is 0 Å². The summed E-state index contributed by atoms with van der Waals surface area (Å²) < 4.78 is 1.14. The number of aromatic nitrogens is 1. The zero-order valence-corrected chi connectivity index (χ0v) is 13.3. The van der Waals surface area contributed by atoms with Crippen molar-refractivity contribution in [2.45, 2.75) is 25.2 Å². The summed E-state index contributed by atoms with van der Waals surface area (Å²) in [5.41, 5.74) is 2.68. The van der Waals surface area contributed by atoms with E-state index in [9.17, 15) is 0 Å². The first-order valence-corrected chi connectivity index (χ1v) is 8.29. The van der Waals surface area contributed by atoms with E-state index >= 15 is 0 Å². The summed E-state index contributed by atoms with van der Waals surface area (Å²) in [6.45, 7) is 4.22. The van der Waals surface area contributed by atoms with Gasteiger partial charge in [-0.3, -0.25) is 0 Å². The molecule has 2 atom stereocenters. The Bertz CT molecular complexity index is 550. The summed E-state index contributed by atoms with van der Waals surface area (Å²) in [4.78, 5) is 4.71.